The number of rotatable bonds is 3. The number of halogens is 3. The second-order valence-corrected chi connectivity index (χ2v) is 7.97. The highest BCUT2D eigenvalue weighted by atomic mass is 32.2. The Hall–Kier alpha value is -2.48. The van der Waals surface area contributed by atoms with E-state index in [0.29, 0.717) is 0 Å². The fraction of sp³-hybridized carbons (Fsp3) is 0.222. The number of hydrogen-bond acceptors (Lipinski definition) is 3. The summed E-state index contributed by atoms with van der Waals surface area (Å²) in [6.07, 6.45) is 4.77. The first-order valence-corrected chi connectivity index (χ1v) is 9.22. The second-order valence-electron chi connectivity index (χ2n) is 6.13. The predicted molar refractivity (Wildman–Crippen MR) is 95.2 cm³/mol. The number of allylic oxidation sites excluding steroid dienone is 2. The Morgan fingerprint density at radius 1 is 0.962 bits per heavy atom. The van der Waals surface area contributed by atoms with Crippen LogP contribution >= 0.6 is 0 Å². The molecule has 3 rings (SSSR count). The summed E-state index contributed by atoms with van der Waals surface area (Å²) in [6.45, 7) is 0. The maximum Gasteiger partial charge on any atom is 0.517 e. The molecule has 0 saturated carbocycles. The molecule has 0 aromatic carbocycles. The number of sulfonamides is 1. The summed E-state index contributed by atoms with van der Waals surface area (Å²) < 4.78 is 61.0. The number of nitrogens with zero attached hydrogens (tertiary/aromatic N) is 2. The molecule has 0 aromatic rings. The van der Waals surface area contributed by atoms with Crippen LogP contribution < -0.4 is 4.90 Å². The highest BCUT2D eigenvalue weighted by Gasteiger charge is 2.49. The van der Waals surface area contributed by atoms with Gasteiger partial charge in [0.05, 0.1) is 0 Å². The zero-order chi connectivity index (χ0) is 19.1. The van der Waals surface area contributed by atoms with Gasteiger partial charge in [-0.05, 0) is 28.8 Å². The minimum atomic E-state index is -5.41. The van der Waals surface area contributed by atoms with Gasteiger partial charge in [-0.2, -0.15) is 21.6 Å². The molecule has 0 fully saturated rings. The Bertz CT molecular complexity index is 935. The van der Waals surface area contributed by atoms with Crippen LogP contribution in [-0.2, 0) is 10.0 Å². The van der Waals surface area contributed by atoms with E-state index in [-0.39, 0.29) is 10.2 Å². The van der Waals surface area contributed by atoms with Crippen LogP contribution in [-0.4, -0.2) is 32.3 Å². The molecular weight excluding hydrogens is 365 g/mol. The molecule has 0 unspecified atom stereocenters. The van der Waals surface area contributed by atoms with Crippen LogP contribution in [0, 0.1) is 0 Å². The smallest absolute Gasteiger partial charge is 0.378 e. The lowest BCUT2D eigenvalue weighted by atomic mass is 9.96. The summed E-state index contributed by atoms with van der Waals surface area (Å²) >= 11 is 0. The molecule has 0 bridgehead atoms. The van der Waals surface area contributed by atoms with Crippen LogP contribution in [0.3, 0.4) is 0 Å². The van der Waals surface area contributed by atoms with Gasteiger partial charge >= 0.3 is 15.5 Å². The molecule has 0 atom stereocenters. The zero-order valence-electron chi connectivity index (χ0n) is 14.1. The van der Waals surface area contributed by atoms with Crippen LogP contribution in [0.5, 0.6) is 0 Å². The summed E-state index contributed by atoms with van der Waals surface area (Å²) in [7, 11) is -1.54. The monoisotopic (exact) mass is 382 g/mol. The van der Waals surface area contributed by atoms with E-state index in [2.05, 4.69) is 0 Å². The molecule has 138 valence electrons. The molecule has 0 aromatic heterocycles. The van der Waals surface area contributed by atoms with E-state index in [9.17, 15) is 21.6 Å². The maximum absolute atomic E-state index is 12.6. The Balaban J connectivity index is 1.91. The molecule has 3 aliphatic rings. The highest BCUT2D eigenvalue weighted by molar-refractivity contribution is 7.90. The van der Waals surface area contributed by atoms with Crippen molar-refractivity contribution in [3.8, 4) is 11.1 Å². The Labute approximate surface area is 150 Å². The van der Waals surface area contributed by atoms with Gasteiger partial charge in [-0.3, -0.25) is 0 Å². The molecule has 0 spiro atoms. The van der Waals surface area contributed by atoms with Gasteiger partial charge in [-0.1, -0.05) is 36.4 Å². The van der Waals surface area contributed by atoms with E-state index in [1.807, 2.05) is 55.4 Å². The SMILES string of the molecule is CN(C)c1ccc2ccc(C3C=CN(S(=O)(=O)C(F)(F)F)C=C3)c-2cc1. The standard InChI is InChI=1S/C18H17F3N2O2S/c1-22(2)15-5-3-13-4-7-16(17(13)8-6-15)14-9-11-23(12-10-14)26(24,25)18(19,20)21/h3-12,14H,1-2H3. The van der Waals surface area contributed by atoms with Crippen molar-refractivity contribution >= 4 is 15.7 Å². The molecular formula is C18H17F3N2O2S. The van der Waals surface area contributed by atoms with Crippen LogP contribution in [0.4, 0.5) is 18.9 Å². The van der Waals surface area contributed by atoms with Gasteiger partial charge in [-0.25, -0.2) is 4.31 Å². The minimum absolute atomic E-state index is 0.193. The molecule has 0 amide bonds. The van der Waals surface area contributed by atoms with Crippen molar-refractivity contribution in [2.45, 2.75) is 11.4 Å². The van der Waals surface area contributed by atoms with Crippen LogP contribution in [0.15, 0.2) is 61.0 Å². The van der Waals surface area contributed by atoms with Crippen molar-refractivity contribution < 1.29 is 21.6 Å². The third-order valence-corrected chi connectivity index (χ3v) is 5.63. The van der Waals surface area contributed by atoms with Crippen molar-refractivity contribution in [2.75, 3.05) is 19.0 Å². The average molecular weight is 382 g/mol. The van der Waals surface area contributed by atoms with Crippen molar-refractivity contribution in [1.82, 2.24) is 4.31 Å². The van der Waals surface area contributed by atoms with Gasteiger partial charge in [0.1, 0.15) is 0 Å². The number of hydrogen-bond donors (Lipinski definition) is 0. The first-order chi connectivity index (χ1) is 12.1. The number of alkyl halides is 3. The van der Waals surface area contributed by atoms with E-state index in [0.717, 1.165) is 34.8 Å². The van der Waals surface area contributed by atoms with Crippen LogP contribution in [0.1, 0.15) is 11.5 Å². The second kappa shape index (κ2) is 6.35. The molecule has 1 aliphatic heterocycles. The zero-order valence-corrected chi connectivity index (χ0v) is 14.9. The third-order valence-electron chi connectivity index (χ3n) is 4.25. The van der Waals surface area contributed by atoms with Crippen molar-refractivity contribution in [3.05, 3.63) is 66.5 Å². The fourth-order valence-electron chi connectivity index (χ4n) is 2.81. The lowest BCUT2D eigenvalue weighted by Crippen LogP contribution is -2.35. The largest absolute Gasteiger partial charge is 0.517 e. The molecule has 0 saturated heterocycles. The van der Waals surface area contributed by atoms with Gasteiger partial charge in [0.2, 0.25) is 0 Å². The van der Waals surface area contributed by atoms with Gasteiger partial charge in [0, 0.05) is 38.1 Å². The lowest BCUT2D eigenvalue weighted by molar-refractivity contribution is -0.0468. The summed E-state index contributed by atoms with van der Waals surface area (Å²) in [5.74, 6) is -0.308. The summed E-state index contributed by atoms with van der Waals surface area (Å²) in [4.78, 5) is 1.97. The quantitative estimate of drug-likeness (QED) is 0.801. The molecule has 4 nitrogen and oxygen atoms in total. The Morgan fingerprint density at radius 3 is 2.12 bits per heavy atom. The Kier molecular flexibility index (Phi) is 4.47. The molecule has 26 heavy (non-hydrogen) atoms. The molecule has 0 N–H and O–H groups in total. The first-order valence-electron chi connectivity index (χ1n) is 7.78. The summed E-state index contributed by atoms with van der Waals surface area (Å²) in [6, 6.07) is 11.7. The summed E-state index contributed by atoms with van der Waals surface area (Å²) in [5.41, 5.74) is -1.45. The van der Waals surface area contributed by atoms with E-state index in [1.165, 1.54) is 12.2 Å². The lowest BCUT2D eigenvalue weighted by Gasteiger charge is -2.22. The van der Waals surface area contributed by atoms with Gasteiger partial charge in [0.25, 0.3) is 0 Å². The number of fused-ring (bicyclic) bond motifs is 1. The molecule has 8 heteroatoms. The average Bonchev–Trinajstić information content (AvgIpc) is 2.84. The van der Waals surface area contributed by atoms with Gasteiger partial charge in [0.15, 0.2) is 0 Å². The van der Waals surface area contributed by atoms with Crippen molar-refractivity contribution in [3.63, 3.8) is 0 Å². The minimum Gasteiger partial charge on any atom is -0.378 e. The molecule has 0 radical (unpaired) electrons. The Morgan fingerprint density at radius 2 is 1.54 bits per heavy atom. The van der Waals surface area contributed by atoms with Crippen molar-refractivity contribution in [2.24, 2.45) is 0 Å². The van der Waals surface area contributed by atoms with Crippen LogP contribution in [0.25, 0.3) is 11.1 Å². The van der Waals surface area contributed by atoms with E-state index < -0.39 is 15.5 Å². The van der Waals surface area contributed by atoms with Gasteiger partial charge in [-0.15, -0.1) is 0 Å². The van der Waals surface area contributed by atoms with E-state index >= 15 is 0 Å². The molecule has 2 aliphatic carbocycles. The summed E-state index contributed by atoms with van der Waals surface area (Å²) in [5, 5.41) is 0. The predicted octanol–water partition coefficient (Wildman–Crippen LogP) is 4.13. The van der Waals surface area contributed by atoms with Crippen molar-refractivity contribution in [1.29, 1.82) is 0 Å². The first kappa shape index (κ1) is 18.3. The van der Waals surface area contributed by atoms with Crippen LogP contribution in [0.2, 0.25) is 0 Å². The third kappa shape index (κ3) is 3.16. The van der Waals surface area contributed by atoms with E-state index in [4.69, 9.17) is 0 Å². The number of anilines is 1. The highest BCUT2D eigenvalue weighted by Crippen LogP contribution is 2.37. The fourth-order valence-corrected chi connectivity index (χ4v) is 3.51. The normalized spacial score (nSPS) is 15.7. The molecule has 1 heterocycles. The van der Waals surface area contributed by atoms with Gasteiger partial charge < -0.3 is 4.90 Å². The van der Waals surface area contributed by atoms with E-state index in [1.54, 1.807) is 0 Å². The maximum atomic E-state index is 12.6. The topological polar surface area (TPSA) is 40.6 Å².